The number of halogens is 3. The highest BCUT2D eigenvalue weighted by atomic mass is 32.2. The number of nitrogens with one attached hydrogen (secondary N) is 1. The van der Waals surface area contributed by atoms with Gasteiger partial charge in [-0.05, 0) is 68.9 Å². The molecule has 1 aromatic rings. The summed E-state index contributed by atoms with van der Waals surface area (Å²) in [4.78, 5) is 26.2. The molecule has 2 N–H and O–H groups in total. The summed E-state index contributed by atoms with van der Waals surface area (Å²) in [7, 11) is -3.72. The van der Waals surface area contributed by atoms with Crippen molar-refractivity contribution in [2.24, 2.45) is 5.92 Å². The van der Waals surface area contributed by atoms with E-state index in [-0.39, 0.29) is 17.3 Å². The molecule has 216 valence electrons. The van der Waals surface area contributed by atoms with Crippen molar-refractivity contribution in [3.8, 4) is 0 Å². The number of hydrogen-bond acceptors (Lipinski definition) is 6. The fourth-order valence-corrected chi connectivity index (χ4v) is 5.77. The predicted molar refractivity (Wildman–Crippen MR) is 137 cm³/mol. The molecule has 2 aliphatic heterocycles. The van der Waals surface area contributed by atoms with Gasteiger partial charge in [0, 0.05) is 32.7 Å². The second-order valence-electron chi connectivity index (χ2n) is 9.92. The van der Waals surface area contributed by atoms with Crippen LogP contribution in [0.4, 0.5) is 13.2 Å². The quantitative estimate of drug-likeness (QED) is 0.449. The van der Waals surface area contributed by atoms with E-state index in [1.54, 1.807) is 17.0 Å². The Morgan fingerprint density at radius 2 is 1.61 bits per heavy atom. The second-order valence-corrected chi connectivity index (χ2v) is 11.9. The number of hydrogen-bond donors (Lipinski definition) is 2. The summed E-state index contributed by atoms with van der Waals surface area (Å²) in [6.07, 6.45) is -1.00. The normalized spacial score (nSPS) is 17.0. The maximum absolute atomic E-state index is 13.4. The van der Waals surface area contributed by atoms with Crippen LogP contribution < -0.4 is 5.32 Å². The fraction of sp³-hybridized carbons (Fsp3) is 0.680. The van der Waals surface area contributed by atoms with Gasteiger partial charge >= 0.3 is 12.1 Å². The van der Waals surface area contributed by atoms with Crippen molar-refractivity contribution in [2.45, 2.75) is 50.6 Å². The average molecular weight is 565 g/mol. The largest absolute Gasteiger partial charge is 0.490 e. The summed E-state index contributed by atoms with van der Waals surface area (Å²) in [6.45, 7) is 10.4. The highest BCUT2D eigenvalue weighted by Gasteiger charge is 2.38. The zero-order valence-corrected chi connectivity index (χ0v) is 22.9. The molecule has 3 rings (SSSR count). The van der Waals surface area contributed by atoms with Gasteiger partial charge in [-0.25, -0.2) is 13.2 Å². The second kappa shape index (κ2) is 14.8. The standard InChI is InChI=1S/C23H38N4O3S.C2HF3O2/c1-20(2)18-21-6-8-22(9-7-21)31(29,30)27(15-5-14-25-12-3-4-13-25)19-23(28)26-16-10-24-11-17-26;3-2(4,5)1(6)7/h6-9,20,24H,3-5,10-19H2,1-2H3;(H,6,7). The molecule has 2 fully saturated rings. The molecule has 0 atom stereocenters. The highest BCUT2D eigenvalue weighted by molar-refractivity contribution is 7.89. The van der Waals surface area contributed by atoms with E-state index < -0.39 is 22.2 Å². The van der Waals surface area contributed by atoms with Gasteiger partial charge < -0.3 is 20.2 Å². The molecule has 2 heterocycles. The number of carbonyl (C=O) groups is 2. The van der Waals surface area contributed by atoms with Crippen LogP contribution in [0.2, 0.25) is 0 Å². The van der Waals surface area contributed by atoms with E-state index in [0.717, 1.165) is 51.1 Å². The predicted octanol–water partition coefficient (Wildman–Crippen LogP) is 2.43. The third-order valence-electron chi connectivity index (χ3n) is 6.31. The van der Waals surface area contributed by atoms with Gasteiger partial charge in [0.05, 0.1) is 11.4 Å². The molecule has 1 amide bonds. The third-order valence-corrected chi connectivity index (χ3v) is 8.17. The Labute approximate surface area is 223 Å². The first-order valence-corrected chi connectivity index (χ1v) is 14.3. The molecule has 0 bridgehead atoms. The summed E-state index contributed by atoms with van der Waals surface area (Å²) in [5.74, 6) is -2.35. The number of carboxylic acid groups (broad SMARTS) is 1. The van der Waals surface area contributed by atoms with Crippen molar-refractivity contribution >= 4 is 21.9 Å². The maximum atomic E-state index is 13.4. The lowest BCUT2D eigenvalue weighted by Gasteiger charge is -2.30. The SMILES string of the molecule is CC(C)Cc1ccc(S(=O)(=O)N(CCCN2CCCC2)CC(=O)N2CCNCC2)cc1.O=C(O)C(F)(F)F. The van der Waals surface area contributed by atoms with E-state index in [9.17, 15) is 26.4 Å². The lowest BCUT2D eigenvalue weighted by atomic mass is 10.0. The average Bonchev–Trinajstić information content (AvgIpc) is 3.37. The Hall–Kier alpha value is -2.22. The van der Waals surface area contributed by atoms with Crippen LogP contribution in [-0.4, -0.2) is 105 Å². The molecule has 0 unspecified atom stereocenters. The van der Waals surface area contributed by atoms with Crippen LogP contribution in [0, 0.1) is 5.92 Å². The summed E-state index contributed by atoms with van der Waals surface area (Å²) < 4.78 is 60.0. The molecular weight excluding hydrogens is 525 g/mol. The molecule has 0 saturated carbocycles. The Kier molecular flexibility index (Phi) is 12.5. The van der Waals surface area contributed by atoms with Crippen LogP contribution in [0.3, 0.4) is 0 Å². The first-order valence-electron chi connectivity index (χ1n) is 12.9. The van der Waals surface area contributed by atoms with Crippen molar-refractivity contribution in [3.05, 3.63) is 29.8 Å². The summed E-state index contributed by atoms with van der Waals surface area (Å²) in [5.41, 5.74) is 1.13. The van der Waals surface area contributed by atoms with Gasteiger partial charge in [-0.15, -0.1) is 0 Å². The smallest absolute Gasteiger partial charge is 0.475 e. The zero-order valence-electron chi connectivity index (χ0n) is 22.0. The number of piperazine rings is 1. The minimum atomic E-state index is -5.08. The molecule has 38 heavy (non-hydrogen) atoms. The van der Waals surface area contributed by atoms with Gasteiger partial charge in [0.25, 0.3) is 0 Å². The van der Waals surface area contributed by atoms with E-state index in [0.29, 0.717) is 25.6 Å². The number of aliphatic carboxylic acids is 1. The zero-order chi connectivity index (χ0) is 28.3. The van der Waals surface area contributed by atoms with Crippen LogP contribution in [0.25, 0.3) is 0 Å². The van der Waals surface area contributed by atoms with Gasteiger partial charge in [0.1, 0.15) is 0 Å². The number of nitrogens with zero attached hydrogens (tertiary/aromatic N) is 3. The molecule has 0 radical (unpaired) electrons. The molecule has 1 aromatic carbocycles. The summed E-state index contributed by atoms with van der Waals surface area (Å²) in [6, 6.07) is 7.17. The van der Waals surface area contributed by atoms with Gasteiger partial charge in [-0.2, -0.15) is 17.5 Å². The molecule has 2 aliphatic rings. The van der Waals surface area contributed by atoms with Gasteiger partial charge in [0.2, 0.25) is 15.9 Å². The Morgan fingerprint density at radius 1 is 1.05 bits per heavy atom. The molecule has 13 heteroatoms. The fourth-order valence-electron chi connectivity index (χ4n) is 4.34. The Morgan fingerprint density at radius 3 is 2.11 bits per heavy atom. The topological polar surface area (TPSA) is 110 Å². The summed E-state index contributed by atoms with van der Waals surface area (Å²) in [5, 5.41) is 10.4. The van der Waals surface area contributed by atoms with E-state index in [4.69, 9.17) is 9.90 Å². The van der Waals surface area contributed by atoms with Crippen molar-refractivity contribution in [1.82, 2.24) is 19.4 Å². The van der Waals surface area contributed by atoms with E-state index in [1.807, 2.05) is 12.1 Å². The number of carboxylic acids is 1. The number of carbonyl (C=O) groups excluding carboxylic acids is 1. The minimum absolute atomic E-state index is 0.0872. The molecule has 9 nitrogen and oxygen atoms in total. The number of amides is 1. The number of alkyl halides is 3. The van der Waals surface area contributed by atoms with Gasteiger partial charge in [0.15, 0.2) is 0 Å². The van der Waals surface area contributed by atoms with E-state index in [2.05, 4.69) is 24.1 Å². The molecule has 2 saturated heterocycles. The molecule has 0 aromatic heterocycles. The van der Waals surface area contributed by atoms with Crippen molar-refractivity contribution in [2.75, 3.05) is 58.9 Å². The monoisotopic (exact) mass is 564 g/mol. The van der Waals surface area contributed by atoms with Crippen LogP contribution in [-0.2, 0) is 26.0 Å². The highest BCUT2D eigenvalue weighted by Crippen LogP contribution is 2.19. The minimum Gasteiger partial charge on any atom is -0.475 e. The van der Waals surface area contributed by atoms with E-state index >= 15 is 0 Å². The number of sulfonamides is 1. The third kappa shape index (κ3) is 10.5. The maximum Gasteiger partial charge on any atom is 0.490 e. The van der Waals surface area contributed by atoms with E-state index in [1.165, 1.54) is 17.1 Å². The summed E-state index contributed by atoms with van der Waals surface area (Å²) >= 11 is 0. The van der Waals surface area contributed by atoms with Crippen molar-refractivity contribution in [1.29, 1.82) is 0 Å². The van der Waals surface area contributed by atoms with Crippen LogP contribution >= 0.6 is 0 Å². The first kappa shape index (κ1) is 32.0. The Balaban J connectivity index is 0.000000638. The van der Waals surface area contributed by atoms with Crippen molar-refractivity contribution < 1.29 is 36.3 Å². The Bertz CT molecular complexity index is 991. The number of rotatable bonds is 10. The van der Waals surface area contributed by atoms with Gasteiger partial charge in [-0.1, -0.05) is 26.0 Å². The molecule has 0 spiro atoms. The number of benzene rings is 1. The van der Waals surface area contributed by atoms with Crippen LogP contribution in [0.1, 0.15) is 38.7 Å². The lowest BCUT2D eigenvalue weighted by molar-refractivity contribution is -0.192. The van der Waals surface area contributed by atoms with Gasteiger partial charge in [-0.3, -0.25) is 4.79 Å². The molecular formula is C25H39F3N4O5S. The lowest BCUT2D eigenvalue weighted by Crippen LogP contribution is -2.50. The number of likely N-dealkylation sites (tertiary alicyclic amines) is 1. The molecule has 0 aliphatic carbocycles. The van der Waals surface area contributed by atoms with Crippen LogP contribution in [0.15, 0.2) is 29.2 Å². The van der Waals surface area contributed by atoms with Crippen LogP contribution in [0.5, 0.6) is 0 Å². The van der Waals surface area contributed by atoms with Crippen molar-refractivity contribution in [3.63, 3.8) is 0 Å². The first-order chi connectivity index (χ1) is 17.8.